The number of benzene rings is 1. The number of carboxylic acid groups (broad SMARTS) is 1. The van der Waals surface area contributed by atoms with Gasteiger partial charge < -0.3 is 15.2 Å². The predicted octanol–water partition coefficient (Wildman–Crippen LogP) is 0.765. The summed E-state index contributed by atoms with van der Waals surface area (Å²) in [5, 5.41) is 23.7. The van der Waals surface area contributed by atoms with Crippen molar-refractivity contribution in [2.75, 3.05) is 13.2 Å². The van der Waals surface area contributed by atoms with Gasteiger partial charge in [-0.1, -0.05) is 17.7 Å². The average Bonchev–Trinajstić information content (AvgIpc) is 3.03. The van der Waals surface area contributed by atoms with E-state index in [4.69, 9.17) is 21.4 Å². The maximum absolute atomic E-state index is 12.0. The number of halogens is 1. The standard InChI is InChI=1S/C15H16ClN5O4/c1-2-7-25-9-12(15(23)24)17-13(22)8-21-19-14(18-20-21)10-3-5-11(16)6-4-10/h2-6,12H,1,7-9H2,(H,17,22)(H,23,24). The Hall–Kier alpha value is -2.78. The minimum absolute atomic E-state index is 0.173. The smallest absolute Gasteiger partial charge is 0.328 e. The van der Waals surface area contributed by atoms with Crippen molar-refractivity contribution in [2.45, 2.75) is 12.6 Å². The Morgan fingerprint density at radius 2 is 2.12 bits per heavy atom. The van der Waals surface area contributed by atoms with Gasteiger partial charge in [-0.05, 0) is 29.5 Å². The molecule has 9 nitrogen and oxygen atoms in total. The number of carbonyl (C=O) groups is 2. The number of ether oxygens (including phenoxy) is 1. The highest BCUT2D eigenvalue weighted by molar-refractivity contribution is 6.30. The lowest BCUT2D eigenvalue weighted by Crippen LogP contribution is -2.45. The summed E-state index contributed by atoms with van der Waals surface area (Å²) >= 11 is 5.81. The number of aromatic nitrogens is 4. The van der Waals surface area contributed by atoms with Crippen LogP contribution < -0.4 is 5.32 Å². The minimum atomic E-state index is -1.20. The molecule has 0 aliphatic rings. The highest BCUT2D eigenvalue weighted by Gasteiger charge is 2.20. The first-order valence-corrected chi connectivity index (χ1v) is 7.62. The van der Waals surface area contributed by atoms with E-state index >= 15 is 0 Å². The van der Waals surface area contributed by atoms with Crippen molar-refractivity contribution >= 4 is 23.5 Å². The van der Waals surface area contributed by atoms with Crippen LogP contribution >= 0.6 is 11.6 Å². The van der Waals surface area contributed by atoms with Crippen molar-refractivity contribution in [1.82, 2.24) is 25.5 Å². The molecule has 1 atom stereocenters. The Bertz CT molecular complexity index is 747. The van der Waals surface area contributed by atoms with Gasteiger partial charge in [-0.15, -0.1) is 16.8 Å². The highest BCUT2D eigenvalue weighted by atomic mass is 35.5. The Morgan fingerprint density at radius 1 is 1.40 bits per heavy atom. The van der Waals surface area contributed by atoms with E-state index in [0.29, 0.717) is 16.4 Å². The van der Waals surface area contributed by atoms with E-state index < -0.39 is 17.9 Å². The van der Waals surface area contributed by atoms with Crippen LogP contribution in [0.1, 0.15) is 0 Å². The maximum atomic E-state index is 12.0. The van der Waals surface area contributed by atoms with Crippen LogP contribution in [0.15, 0.2) is 36.9 Å². The molecule has 1 aromatic carbocycles. The molecular weight excluding hydrogens is 350 g/mol. The van der Waals surface area contributed by atoms with E-state index in [-0.39, 0.29) is 19.8 Å². The molecule has 1 amide bonds. The van der Waals surface area contributed by atoms with Crippen molar-refractivity contribution in [3.05, 3.63) is 41.9 Å². The van der Waals surface area contributed by atoms with Gasteiger partial charge in [0.05, 0.1) is 13.2 Å². The zero-order chi connectivity index (χ0) is 18.2. The van der Waals surface area contributed by atoms with Gasteiger partial charge in [0.2, 0.25) is 11.7 Å². The van der Waals surface area contributed by atoms with Crippen molar-refractivity contribution in [3.8, 4) is 11.4 Å². The highest BCUT2D eigenvalue weighted by Crippen LogP contribution is 2.16. The lowest BCUT2D eigenvalue weighted by Gasteiger charge is -2.13. The van der Waals surface area contributed by atoms with Gasteiger partial charge in [0.15, 0.2) is 6.04 Å². The SMILES string of the molecule is C=CCOCC(NC(=O)Cn1nnc(-c2ccc(Cl)cc2)n1)C(=O)O. The number of hydrogen-bond donors (Lipinski definition) is 2. The number of nitrogens with one attached hydrogen (secondary N) is 1. The van der Waals surface area contributed by atoms with Crippen molar-refractivity contribution < 1.29 is 19.4 Å². The van der Waals surface area contributed by atoms with Crippen LogP contribution in [-0.4, -0.2) is 56.4 Å². The molecule has 0 fully saturated rings. The molecule has 0 saturated heterocycles. The zero-order valence-electron chi connectivity index (χ0n) is 13.1. The van der Waals surface area contributed by atoms with Crippen LogP contribution in [0, 0.1) is 0 Å². The van der Waals surface area contributed by atoms with E-state index in [1.54, 1.807) is 24.3 Å². The van der Waals surface area contributed by atoms with Crippen LogP contribution in [0.4, 0.5) is 0 Å². The number of nitrogens with zero attached hydrogens (tertiary/aromatic N) is 4. The summed E-state index contributed by atoms with van der Waals surface area (Å²) in [5.74, 6) is -1.45. The van der Waals surface area contributed by atoms with Crippen LogP contribution in [0.2, 0.25) is 5.02 Å². The van der Waals surface area contributed by atoms with Crippen molar-refractivity contribution in [2.24, 2.45) is 0 Å². The number of tetrazole rings is 1. The second kappa shape index (κ2) is 8.90. The summed E-state index contributed by atoms with van der Waals surface area (Å²) in [6.07, 6.45) is 1.48. The molecule has 2 aromatic rings. The van der Waals surface area contributed by atoms with E-state index in [1.165, 1.54) is 6.08 Å². The van der Waals surface area contributed by atoms with E-state index in [0.717, 1.165) is 4.80 Å². The normalized spacial score (nSPS) is 11.7. The minimum Gasteiger partial charge on any atom is -0.480 e. The molecule has 10 heteroatoms. The lowest BCUT2D eigenvalue weighted by atomic mass is 10.2. The molecule has 0 spiro atoms. The number of rotatable bonds is 9. The summed E-state index contributed by atoms with van der Waals surface area (Å²) in [6.45, 7) is 3.20. The topological polar surface area (TPSA) is 119 Å². The summed E-state index contributed by atoms with van der Waals surface area (Å²) in [6, 6.07) is 5.64. The first-order valence-electron chi connectivity index (χ1n) is 7.24. The summed E-state index contributed by atoms with van der Waals surface area (Å²) in [7, 11) is 0. The molecule has 2 N–H and O–H groups in total. The summed E-state index contributed by atoms with van der Waals surface area (Å²) in [4.78, 5) is 24.1. The molecule has 1 heterocycles. The van der Waals surface area contributed by atoms with Gasteiger partial charge in [-0.25, -0.2) is 4.79 Å². The molecule has 1 unspecified atom stereocenters. The van der Waals surface area contributed by atoms with E-state index in [2.05, 4.69) is 27.3 Å². The van der Waals surface area contributed by atoms with E-state index in [9.17, 15) is 9.59 Å². The van der Waals surface area contributed by atoms with Gasteiger partial charge in [-0.3, -0.25) is 4.79 Å². The molecule has 132 valence electrons. The fraction of sp³-hybridized carbons (Fsp3) is 0.267. The Morgan fingerprint density at radius 3 is 2.76 bits per heavy atom. The number of hydrogen-bond acceptors (Lipinski definition) is 6. The zero-order valence-corrected chi connectivity index (χ0v) is 13.9. The molecule has 25 heavy (non-hydrogen) atoms. The molecular formula is C15H16ClN5O4. The Kier molecular flexibility index (Phi) is 6.61. The maximum Gasteiger partial charge on any atom is 0.328 e. The molecule has 0 bridgehead atoms. The van der Waals surface area contributed by atoms with Gasteiger partial charge in [0.1, 0.15) is 6.54 Å². The predicted molar refractivity (Wildman–Crippen MR) is 88.8 cm³/mol. The largest absolute Gasteiger partial charge is 0.480 e. The summed E-state index contributed by atoms with van der Waals surface area (Å²) < 4.78 is 5.05. The molecule has 0 aliphatic heterocycles. The monoisotopic (exact) mass is 365 g/mol. The number of carboxylic acids is 1. The molecule has 0 saturated carbocycles. The second-order valence-electron chi connectivity index (χ2n) is 4.93. The van der Waals surface area contributed by atoms with Gasteiger partial charge in [0, 0.05) is 10.6 Å². The molecule has 0 aliphatic carbocycles. The van der Waals surface area contributed by atoms with Crippen molar-refractivity contribution in [1.29, 1.82) is 0 Å². The Labute approximate surface area is 148 Å². The first kappa shape index (κ1) is 18.6. The van der Waals surface area contributed by atoms with Gasteiger partial charge >= 0.3 is 5.97 Å². The van der Waals surface area contributed by atoms with Gasteiger partial charge in [-0.2, -0.15) is 4.80 Å². The first-order chi connectivity index (χ1) is 12.0. The summed E-state index contributed by atoms with van der Waals surface area (Å²) in [5.41, 5.74) is 0.692. The van der Waals surface area contributed by atoms with Crippen molar-refractivity contribution in [3.63, 3.8) is 0 Å². The average molecular weight is 366 g/mol. The quantitative estimate of drug-likeness (QED) is 0.497. The van der Waals surface area contributed by atoms with Gasteiger partial charge in [0.25, 0.3) is 0 Å². The van der Waals surface area contributed by atoms with E-state index in [1.807, 2.05) is 0 Å². The third-order valence-electron chi connectivity index (χ3n) is 2.99. The number of carbonyl (C=O) groups excluding carboxylic acids is 1. The molecule has 0 radical (unpaired) electrons. The molecule has 1 aromatic heterocycles. The number of aliphatic carboxylic acids is 1. The second-order valence-corrected chi connectivity index (χ2v) is 5.37. The fourth-order valence-corrected chi connectivity index (χ4v) is 1.96. The Balaban J connectivity index is 1.94. The number of amides is 1. The fourth-order valence-electron chi connectivity index (χ4n) is 1.84. The van der Waals surface area contributed by atoms with Crippen LogP contribution in [-0.2, 0) is 20.9 Å². The van der Waals surface area contributed by atoms with Crippen LogP contribution in [0.25, 0.3) is 11.4 Å². The third-order valence-corrected chi connectivity index (χ3v) is 3.25. The van der Waals surface area contributed by atoms with Crippen LogP contribution in [0.5, 0.6) is 0 Å². The third kappa shape index (κ3) is 5.66. The molecule has 2 rings (SSSR count). The lowest BCUT2D eigenvalue weighted by molar-refractivity contribution is -0.143. The van der Waals surface area contributed by atoms with Crippen LogP contribution in [0.3, 0.4) is 0 Å².